The van der Waals surface area contributed by atoms with Crippen LogP contribution >= 0.6 is 0 Å². The van der Waals surface area contributed by atoms with Crippen molar-refractivity contribution in [3.63, 3.8) is 0 Å². The van der Waals surface area contributed by atoms with E-state index in [9.17, 15) is 14.4 Å². The van der Waals surface area contributed by atoms with Crippen molar-refractivity contribution in [3.8, 4) is 0 Å². The maximum absolute atomic E-state index is 12.9. The van der Waals surface area contributed by atoms with E-state index in [2.05, 4.69) is 69.4 Å². The molecule has 0 aliphatic carbocycles. The van der Waals surface area contributed by atoms with Crippen molar-refractivity contribution >= 4 is 17.9 Å². The first kappa shape index (κ1) is 75.4. The van der Waals surface area contributed by atoms with Gasteiger partial charge >= 0.3 is 17.9 Å². The highest BCUT2D eigenvalue weighted by Gasteiger charge is 2.19. The normalized spacial score (nSPS) is 12.3. The quantitative estimate of drug-likeness (QED) is 0.0261. The highest BCUT2D eigenvalue weighted by molar-refractivity contribution is 5.71. The minimum absolute atomic E-state index is 0.0696. The Bertz CT molecular complexity index is 1350. The number of unbranched alkanes of at least 4 members (excludes halogenated alkanes) is 45. The number of ether oxygens (including phenoxy) is 3. The third-order valence-corrected chi connectivity index (χ3v) is 15.6. The molecule has 0 heterocycles. The molecule has 0 aromatic heterocycles. The van der Waals surface area contributed by atoms with Gasteiger partial charge in [-0.25, -0.2) is 0 Å². The van der Waals surface area contributed by atoms with Crippen LogP contribution in [0, 0.1) is 0 Å². The summed E-state index contributed by atoms with van der Waals surface area (Å²) in [6.45, 7) is 6.68. The van der Waals surface area contributed by atoms with Gasteiger partial charge in [-0.15, -0.1) is 0 Å². The van der Waals surface area contributed by atoms with Gasteiger partial charge in [0.25, 0.3) is 0 Å². The van der Waals surface area contributed by atoms with Crippen molar-refractivity contribution in [2.24, 2.45) is 0 Å². The fourth-order valence-electron chi connectivity index (χ4n) is 10.3. The number of allylic oxidation sites excluding steroid dienone is 8. The molecule has 1 atom stereocenters. The van der Waals surface area contributed by atoms with Crippen LogP contribution in [0.25, 0.3) is 0 Å². The summed E-state index contributed by atoms with van der Waals surface area (Å²) in [6.07, 6.45) is 84.1. The molecule has 0 aliphatic heterocycles. The summed E-state index contributed by atoms with van der Waals surface area (Å²) in [5.41, 5.74) is 0. The zero-order valence-corrected chi connectivity index (χ0v) is 52.5. The molecule has 0 bridgehead atoms. The van der Waals surface area contributed by atoms with Crippen molar-refractivity contribution < 1.29 is 28.6 Å². The fraction of sp³-hybridized carbons (Fsp3) is 0.847. The van der Waals surface area contributed by atoms with Crippen LogP contribution in [0.3, 0.4) is 0 Å². The molecule has 0 N–H and O–H groups in total. The standard InChI is InChI=1S/C72H132O6/c1-4-7-10-13-16-19-22-25-28-30-32-33-34-35-36-37-38-39-41-42-44-47-50-53-56-59-62-65-71(74)77-68-69(67-76-70(73)64-61-58-55-52-49-46-27-24-21-18-15-12-9-6-3)78-72(75)66-63-60-57-54-51-48-45-43-40-31-29-26-23-20-17-14-11-8-5-2/h22,25-26,29-30,32,34-35,69H,4-21,23-24,27-28,31,33,36-68H2,1-3H3/b25-22-,29-26-,32-30-,35-34-. The summed E-state index contributed by atoms with van der Waals surface area (Å²) in [5.74, 6) is -0.848. The van der Waals surface area contributed by atoms with E-state index in [1.165, 1.54) is 263 Å². The van der Waals surface area contributed by atoms with Gasteiger partial charge in [0.15, 0.2) is 6.10 Å². The Hall–Kier alpha value is -2.63. The minimum atomic E-state index is -0.773. The van der Waals surface area contributed by atoms with Crippen molar-refractivity contribution in [1.82, 2.24) is 0 Å². The van der Waals surface area contributed by atoms with Gasteiger partial charge in [-0.1, -0.05) is 320 Å². The van der Waals surface area contributed by atoms with Crippen molar-refractivity contribution in [1.29, 1.82) is 0 Å². The highest BCUT2D eigenvalue weighted by atomic mass is 16.6. The summed E-state index contributed by atoms with van der Waals surface area (Å²) in [4.78, 5) is 38.4. The van der Waals surface area contributed by atoms with Crippen LogP contribution in [0.4, 0.5) is 0 Å². The molecule has 0 aromatic carbocycles. The molecule has 456 valence electrons. The summed E-state index contributed by atoms with van der Waals surface area (Å²) in [6, 6.07) is 0. The molecular weight excluding hydrogens is 961 g/mol. The number of rotatable bonds is 64. The van der Waals surface area contributed by atoms with Gasteiger partial charge in [-0.3, -0.25) is 14.4 Å². The van der Waals surface area contributed by atoms with Crippen LogP contribution in [0.5, 0.6) is 0 Å². The molecule has 1 unspecified atom stereocenters. The van der Waals surface area contributed by atoms with E-state index < -0.39 is 6.10 Å². The second-order valence-electron chi connectivity index (χ2n) is 23.4. The maximum atomic E-state index is 12.9. The van der Waals surface area contributed by atoms with Crippen LogP contribution in [0.1, 0.15) is 374 Å². The van der Waals surface area contributed by atoms with Crippen LogP contribution in [-0.2, 0) is 28.6 Å². The number of esters is 3. The molecule has 0 fully saturated rings. The highest BCUT2D eigenvalue weighted by Crippen LogP contribution is 2.18. The van der Waals surface area contributed by atoms with Gasteiger partial charge < -0.3 is 14.2 Å². The number of hydrogen-bond acceptors (Lipinski definition) is 6. The van der Waals surface area contributed by atoms with Crippen LogP contribution < -0.4 is 0 Å². The molecule has 0 radical (unpaired) electrons. The Balaban J connectivity index is 4.26. The van der Waals surface area contributed by atoms with Gasteiger partial charge in [0.05, 0.1) is 0 Å². The third kappa shape index (κ3) is 64.2. The average Bonchev–Trinajstić information content (AvgIpc) is 3.44. The molecular formula is C72H132O6. The van der Waals surface area contributed by atoms with E-state index in [0.717, 1.165) is 70.6 Å². The summed E-state index contributed by atoms with van der Waals surface area (Å²) in [7, 11) is 0. The SMILES string of the molecule is CCCCCCC/C=C\C/C=C\C/C=C\CCCCCCCCCCCCCCC(=O)OCC(COC(=O)CCCCCCCCCCCCCCCC)OC(=O)CCCCCCCCCCC/C=C\CCCCCCCC. The predicted octanol–water partition coefficient (Wildman–Crippen LogP) is 23.7. The molecule has 0 amide bonds. The largest absolute Gasteiger partial charge is 0.462 e. The molecule has 0 spiro atoms. The Morgan fingerprint density at radius 2 is 0.462 bits per heavy atom. The second kappa shape index (κ2) is 66.9. The zero-order chi connectivity index (χ0) is 56.4. The smallest absolute Gasteiger partial charge is 0.306 e. The first-order valence-electron chi connectivity index (χ1n) is 34.6. The third-order valence-electron chi connectivity index (χ3n) is 15.6. The van der Waals surface area contributed by atoms with E-state index in [-0.39, 0.29) is 31.1 Å². The minimum Gasteiger partial charge on any atom is -0.462 e. The lowest BCUT2D eigenvalue weighted by Gasteiger charge is -2.18. The molecule has 78 heavy (non-hydrogen) atoms. The average molecular weight is 1090 g/mol. The summed E-state index contributed by atoms with van der Waals surface area (Å²) >= 11 is 0. The van der Waals surface area contributed by atoms with Crippen LogP contribution in [0.15, 0.2) is 48.6 Å². The molecule has 6 heteroatoms. The monoisotopic (exact) mass is 1090 g/mol. The first-order valence-corrected chi connectivity index (χ1v) is 34.6. The van der Waals surface area contributed by atoms with E-state index in [4.69, 9.17) is 14.2 Å². The van der Waals surface area contributed by atoms with Crippen LogP contribution in [0.2, 0.25) is 0 Å². The lowest BCUT2D eigenvalue weighted by Crippen LogP contribution is -2.30. The van der Waals surface area contributed by atoms with E-state index in [1.54, 1.807) is 0 Å². The van der Waals surface area contributed by atoms with E-state index >= 15 is 0 Å². The van der Waals surface area contributed by atoms with Gasteiger partial charge in [-0.2, -0.15) is 0 Å². The van der Waals surface area contributed by atoms with Gasteiger partial charge in [-0.05, 0) is 83.5 Å². The Morgan fingerprint density at radius 3 is 0.731 bits per heavy atom. The fourth-order valence-corrected chi connectivity index (χ4v) is 10.3. The topological polar surface area (TPSA) is 78.9 Å². The zero-order valence-electron chi connectivity index (χ0n) is 52.5. The Kier molecular flexibility index (Phi) is 64.6. The predicted molar refractivity (Wildman–Crippen MR) is 339 cm³/mol. The van der Waals surface area contributed by atoms with Crippen molar-refractivity contribution in [3.05, 3.63) is 48.6 Å². The summed E-state index contributed by atoms with van der Waals surface area (Å²) < 4.78 is 17.0. The molecule has 0 rings (SSSR count). The second-order valence-corrected chi connectivity index (χ2v) is 23.4. The lowest BCUT2D eigenvalue weighted by molar-refractivity contribution is -0.167. The van der Waals surface area contributed by atoms with Crippen molar-refractivity contribution in [2.45, 2.75) is 380 Å². The number of carbonyl (C=O) groups is 3. The molecule has 0 aromatic rings. The van der Waals surface area contributed by atoms with Crippen LogP contribution in [-0.4, -0.2) is 37.2 Å². The first-order chi connectivity index (χ1) is 38.5. The van der Waals surface area contributed by atoms with E-state index in [0.29, 0.717) is 19.3 Å². The van der Waals surface area contributed by atoms with Gasteiger partial charge in [0, 0.05) is 19.3 Å². The Morgan fingerprint density at radius 1 is 0.256 bits per heavy atom. The van der Waals surface area contributed by atoms with Gasteiger partial charge in [0.1, 0.15) is 13.2 Å². The van der Waals surface area contributed by atoms with Gasteiger partial charge in [0.2, 0.25) is 0 Å². The Labute approximate surface area is 486 Å². The maximum Gasteiger partial charge on any atom is 0.306 e. The molecule has 0 aliphatic rings. The molecule has 0 saturated heterocycles. The van der Waals surface area contributed by atoms with E-state index in [1.807, 2.05) is 0 Å². The summed E-state index contributed by atoms with van der Waals surface area (Å²) in [5, 5.41) is 0. The lowest BCUT2D eigenvalue weighted by atomic mass is 10.0. The molecule has 0 saturated carbocycles. The number of carbonyl (C=O) groups excluding carboxylic acids is 3. The van der Waals surface area contributed by atoms with Crippen molar-refractivity contribution in [2.75, 3.05) is 13.2 Å². The number of hydrogen-bond donors (Lipinski definition) is 0. The molecule has 6 nitrogen and oxygen atoms in total.